The summed E-state index contributed by atoms with van der Waals surface area (Å²) in [6.07, 6.45) is 3.03. The van der Waals surface area contributed by atoms with Gasteiger partial charge in [0.15, 0.2) is 0 Å². The number of amides is 2. The third kappa shape index (κ3) is 4.64. The first-order chi connectivity index (χ1) is 13.2. The van der Waals surface area contributed by atoms with Gasteiger partial charge in [0.2, 0.25) is 5.91 Å². The summed E-state index contributed by atoms with van der Waals surface area (Å²) in [5, 5.41) is 14.2. The highest BCUT2D eigenvalue weighted by Crippen LogP contribution is 2.50. The van der Waals surface area contributed by atoms with Gasteiger partial charge in [0.1, 0.15) is 0 Å². The number of piperidine rings is 1. The van der Waals surface area contributed by atoms with Crippen LogP contribution < -0.4 is 5.32 Å². The molecule has 1 saturated carbocycles. The lowest BCUT2D eigenvalue weighted by molar-refractivity contribution is -0.126. The molecule has 1 aromatic carbocycles. The van der Waals surface area contributed by atoms with Crippen LogP contribution in [0.5, 0.6) is 0 Å². The Balaban J connectivity index is 1.57. The van der Waals surface area contributed by atoms with E-state index in [-0.39, 0.29) is 29.1 Å². The van der Waals surface area contributed by atoms with Crippen molar-refractivity contribution in [2.24, 2.45) is 17.3 Å². The summed E-state index contributed by atoms with van der Waals surface area (Å²) in [7, 11) is 0. The molecule has 0 aromatic heterocycles. The second-order valence-corrected chi connectivity index (χ2v) is 9.30. The first-order valence-electron chi connectivity index (χ1n) is 9.93. The fourth-order valence-electron chi connectivity index (χ4n) is 4.04. The molecule has 1 heterocycles. The van der Waals surface area contributed by atoms with Crippen LogP contribution in [0.3, 0.4) is 0 Å². The van der Waals surface area contributed by atoms with Gasteiger partial charge in [-0.05, 0) is 49.8 Å². The number of aliphatic hydroxyl groups is 1. The quantitative estimate of drug-likeness (QED) is 0.727. The summed E-state index contributed by atoms with van der Waals surface area (Å²) in [5.74, 6) is -0.223. The molecule has 0 spiro atoms. The second-order valence-electron chi connectivity index (χ2n) is 8.49. The number of benzene rings is 1. The Morgan fingerprint density at radius 3 is 2.61 bits per heavy atom. The van der Waals surface area contributed by atoms with E-state index >= 15 is 0 Å². The molecular formula is C21H28Cl2N2O3. The van der Waals surface area contributed by atoms with E-state index < -0.39 is 6.10 Å². The standard InChI is InChI=1S/C21H28Cl2N2O3/c1-13(2)18(26)21(7-8-21)12-24-19(27)15-4-3-9-25(11-15)20(28)14-5-6-16(22)17(23)10-14/h5-6,10,13,15,18,26H,3-4,7-9,11-12H2,1-2H3,(H,24,27)/t15-,18-/m1/s1. The van der Waals surface area contributed by atoms with Gasteiger partial charge < -0.3 is 15.3 Å². The molecule has 2 N–H and O–H groups in total. The van der Waals surface area contributed by atoms with Crippen molar-refractivity contribution in [2.45, 2.75) is 45.6 Å². The molecule has 2 amide bonds. The van der Waals surface area contributed by atoms with Crippen molar-refractivity contribution in [3.63, 3.8) is 0 Å². The predicted octanol–water partition coefficient (Wildman–Crippen LogP) is 3.76. The Kier molecular flexibility index (Phi) is 6.58. The van der Waals surface area contributed by atoms with Crippen molar-refractivity contribution in [3.8, 4) is 0 Å². The fourth-order valence-corrected chi connectivity index (χ4v) is 4.34. The molecule has 1 aliphatic carbocycles. The lowest BCUT2D eigenvalue weighted by atomic mass is 9.89. The lowest BCUT2D eigenvalue weighted by Crippen LogP contribution is -2.47. The van der Waals surface area contributed by atoms with E-state index in [1.165, 1.54) is 0 Å². The Hall–Kier alpha value is -1.30. The monoisotopic (exact) mass is 426 g/mol. The van der Waals surface area contributed by atoms with Crippen LogP contribution in [0, 0.1) is 17.3 Å². The van der Waals surface area contributed by atoms with Gasteiger partial charge in [-0.15, -0.1) is 0 Å². The number of halogens is 2. The first-order valence-corrected chi connectivity index (χ1v) is 10.7. The van der Waals surface area contributed by atoms with Crippen molar-refractivity contribution < 1.29 is 14.7 Å². The van der Waals surface area contributed by atoms with Crippen LogP contribution in [-0.4, -0.2) is 47.6 Å². The molecule has 7 heteroatoms. The SMILES string of the molecule is CC(C)[C@@H](O)C1(CNC(=O)[C@@H]2CCCN(C(=O)c3ccc(Cl)c(Cl)c3)C2)CC1. The normalized spacial score (nSPS) is 22.1. The Bertz CT molecular complexity index is 749. The van der Waals surface area contributed by atoms with Gasteiger partial charge in [-0.3, -0.25) is 9.59 Å². The summed E-state index contributed by atoms with van der Waals surface area (Å²) in [5.41, 5.74) is 0.307. The maximum absolute atomic E-state index is 12.8. The highest BCUT2D eigenvalue weighted by Gasteiger charge is 2.50. The molecule has 1 saturated heterocycles. The Morgan fingerprint density at radius 2 is 2.00 bits per heavy atom. The molecule has 154 valence electrons. The van der Waals surface area contributed by atoms with Crippen molar-refractivity contribution >= 4 is 35.0 Å². The molecule has 5 nitrogen and oxygen atoms in total. The van der Waals surface area contributed by atoms with Crippen LogP contribution in [0.15, 0.2) is 18.2 Å². The number of carbonyl (C=O) groups excluding carboxylic acids is 2. The third-order valence-electron chi connectivity index (χ3n) is 6.01. The summed E-state index contributed by atoms with van der Waals surface area (Å²) < 4.78 is 0. The Morgan fingerprint density at radius 1 is 1.29 bits per heavy atom. The highest BCUT2D eigenvalue weighted by molar-refractivity contribution is 6.42. The van der Waals surface area contributed by atoms with Crippen molar-refractivity contribution in [2.75, 3.05) is 19.6 Å². The van der Waals surface area contributed by atoms with E-state index in [1.54, 1.807) is 23.1 Å². The molecule has 2 aliphatic rings. The van der Waals surface area contributed by atoms with Gasteiger partial charge in [0, 0.05) is 30.6 Å². The molecule has 1 aromatic rings. The van der Waals surface area contributed by atoms with E-state index in [2.05, 4.69) is 5.32 Å². The minimum Gasteiger partial charge on any atom is -0.392 e. The molecule has 0 radical (unpaired) electrons. The topological polar surface area (TPSA) is 69.6 Å². The zero-order valence-electron chi connectivity index (χ0n) is 16.4. The molecule has 3 rings (SSSR count). The molecule has 0 unspecified atom stereocenters. The van der Waals surface area contributed by atoms with Crippen LogP contribution >= 0.6 is 23.2 Å². The summed E-state index contributed by atoms with van der Waals surface area (Å²) >= 11 is 12.0. The van der Waals surface area contributed by atoms with Crippen molar-refractivity contribution in [3.05, 3.63) is 33.8 Å². The minimum atomic E-state index is -0.396. The van der Waals surface area contributed by atoms with E-state index in [0.29, 0.717) is 35.2 Å². The lowest BCUT2D eigenvalue weighted by Gasteiger charge is -2.33. The minimum absolute atomic E-state index is 0.0335. The number of likely N-dealkylation sites (tertiary alicyclic amines) is 1. The van der Waals surface area contributed by atoms with Crippen molar-refractivity contribution in [1.82, 2.24) is 10.2 Å². The number of carbonyl (C=O) groups is 2. The number of hydrogen-bond donors (Lipinski definition) is 2. The van der Waals surface area contributed by atoms with E-state index in [0.717, 1.165) is 25.7 Å². The molecule has 1 aliphatic heterocycles. The maximum Gasteiger partial charge on any atom is 0.253 e. The van der Waals surface area contributed by atoms with Gasteiger partial charge in [0.25, 0.3) is 5.91 Å². The van der Waals surface area contributed by atoms with E-state index in [9.17, 15) is 14.7 Å². The van der Waals surface area contributed by atoms with Gasteiger partial charge >= 0.3 is 0 Å². The first kappa shape index (κ1) is 21.4. The van der Waals surface area contributed by atoms with Gasteiger partial charge in [-0.2, -0.15) is 0 Å². The van der Waals surface area contributed by atoms with Gasteiger partial charge in [-0.1, -0.05) is 37.0 Å². The Labute approximate surface area is 176 Å². The number of aliphatic hydroxyl groups excluding tert-OH is 1. The highest BCUT2D eigenvalue weighted by atomic mass is 35.5. The average Bonchev–Trinajstić information content (AvgIpc) is 3.48. The largest absolute Gasteiger partial charge is 0.392 e. The molecule has 2 fully saturated rings. The predicted molar refractivity (Wildman–Crippen MR) is 111 cm³/mol. The van der Waals surface area contributed by atoms with Crippen LogP contribution in [0.1, 0.15) is 49.9 Å². The summed E-state index contributed by atoms with van der Waals surface area (Å²) in [6.45, 7) is 5.52. The number of nitrogens with one attached hydrogen (secondary N) is 1. The van der Waals surface area contributed by atoms with Gasteiger partial charge in [-0.25, -0.2) is 0 Å². The summed E-state index contributed by atoms with van der Waals surface area (Å²) in [4.78, 5) is 27.2. The molecule has 2 atom stereocenters. The molecule has 0 bridgehead atoms. The summed E-state index contributed by atoms with van der Waals surface area (Å²) in [6, 6.07) is 4.84. The number of hydrogen-bond acceptors (Lipinski definition) is 3. The smallest absolute Gasteiger partial charge is 0.253 e. The number of rotatable bonds is 6. The van der Waals surface area contributed by atoms with E-state index in [4.69, 9.17) is 23.2 Å². The molecular weight excluding hydrogens is 399 g/mol. The van der Waals surface area contributed by atoms with Crippen molar-refractivity contribution in [1.29, 1.82) is 0 Å². The van der Waals surface area contributed by atoms with Gasteiger partial charge in [0.05, 0.1) is 22.1 Å². The van der Waals surface area contributed by atoms with Crippen LogP contribution in [-0.2, 0) is 4.79 Å². The zero-order chi connectivity index (χ0) is 20.5. The van der Waals surface area contributed by atoms with Crippen LogP contribution in [0.2, 0.25) is 10.0 Å². The average molecular weight is 427 g/mol. The number of nitrogens with zero attached hydrogens (tertiary/aromatic N) is 1. The van der Waals surface area contributed by atoms with Crippen LogP contribution in [0.4, 0.5) is 0 Å². The van der Waals surface area contributed by atoms with Crippen LogP contribution in [0.25, 0.3) is 0 Å². The third-order valence-corrected chi connectivity index (χ3v) is 6.75. The van der Waals surface area contributed by atoms with E-state index in [1.807, 2.05) is 13.8 Å². The second kappa shape index (κ2) is 8.60. The zero-order valence-corrected chi connectivity index (χ0v) is 17.9. The molecule has 28 heavy (non-hydrogen) atoms. The fraction of sp³-hybridized carbons (Fsp3) is 0.619. The maximum atomic E-state index is 12.8.